The van der Waals surface area contributed by atoms with Crippen molar-refractivity contribution in [3.63, 3.8) is 0 Å². The van der Waals surface area contributed by atoms with E-state index in [1.165, 1.54) is 17.0 Å². The highest BCUT2D eigenvalue weighted by Gasteiger charge is 2.45. The molecule has 0 bridgehead atoms. The van der Waals surface area contributed by atoms with Crippen molar-refractivity contribution in [2.75, 3.05) is 46.0 Å². The van der Waals surface area contributed by atoms with Gasteiger partial charge in [-0.2, -0.15) is 0 Å². The largest absolute Gasteiger partial charge is 0.507 e. The lowest BCUT2D eigenvalue weighted by atomic mass is 9.95. The first kappa shape index (κ1) is 24.9. The summed E-state index contributed by atoms with van der Waals surface area (Å²) in [4.78, 5) is 29.9. The van der Waals surface area contributed by atoms with E-state index >= 15 is 0 Å². The molecule has 0 aromatic heterocycles. The van der Waals surface area contributed by atoms with Gasteiger partial charge in [0.25, 0.3) is 11.7 Å². The Bertz CT molecular complexity index is 1060. The number of aliphatic hydroxyl groups excluding tert-OH is 1. The minimum atomic E-state index is -0.795. The van der Waals surface area contributed by atoms with Gasteiger partial charge in [0.05, 0.1) is 31.4 Å². The summed E-state index contributed by atoms with van der Waals surface area (Å²) < 4.78 is 24.6. The lowest BCUT2D eigenvalue weighted by molar-refractivity contribution is -0.140. The predicted octanol–water partition coefficient (Wildman–Crippen LogP) is 3.76. The fourth-order valence-corrected chi connectivity index (χ4v) is 4.48. The zero-order valence-electron chi connectivity index (χ0n) is 19.9. The van der Waals surface area contributed by atoms with Gasteiger partial charge < -0.3 is 19.5 Å². The number of ketones is 1. The number of carbonyl (C=O) groups excluding carboxylic acids is 2. The fraction of sp³-hybridized carbons (Fsp3) is 0.407. The molecular formula is C27H31FN2O5. The second kappa shape index (κ2) is 11.5. The lowest BCUT2D eigenvalue weighted by Gasteiger charge is -2.29. The Balaban J connectivity index is 1.63. The van der Waals surface area contributed by atoms with Crippen LogP contribution in [0.25, 0.3) is 5.76 Å². The molecule has 2 saturated heterocycles. The number of ether oxygens (including phenoxy) is 2. The van der Waals surface area contributed by atoms with Crippen LogP contribution in [-0.2, 0) is 14.3 Å². The van der Waals surface area contributed by atoms with E-state index in [1.54, 1.807) is 36.4 Å². The number of rotatable bonds is 9. The average Bonchev–Trinajstić information content (AvgIpc) is 3.13. The van der Waals surface area contributed by atoms with E-state index in [2.05, 4.69) is 4.90 Å². The number of amides is 1. The topological polar surface area (TPSA) is 79.3 Å². The van der Waals surface area contributed by atoms with Gasteiger partial charge in [-0.3, -0.25) is 14.5 Å². The summed E-state index contributed by atoms with van der Waals surface area (Å²) in [6.07, 6.45) is 1.53. The van der Waals surface area contributed by atoms with Crippen molar-refractivity contribution < 1.29 is 28.6 Å². The molecule has 1 unspecified atom stereocenters. The van der Waals surface area contributed by atoms with Gasteiger partial charge in [-0.15, -0.1) is 0 Å². The first-order valence-electron chi connectivity index (χ1n) is 12.1. The zero-order valence-corrected chi connectivity index (χ0v) is 19.9. The van der Waals surface area contributed by atoms with Crippen LogP contribution in [0.1, 0.15) is 36.9 Å². The average molecular weight is 483 g/mol. The van der Waals surface area contributed by atoms with E-state index in [0.29, 0.717) is 49.7 Å². The van der Waals surface area contributed by atoms with Crippen LogP contribution in [0.4, 0.5) is 4.39 Å². The molecule has 2 aliphatic heterocycles. The number of nitrogens with zero attached hydrogens (tertiary/aromatic N) is 2. The fourth-order valence-electron chi connectivity index (χ4n) is 4.48. The number of hydrogen-bond donors (Lipinski definition) is 1. The maximum atomic E-state index is 13.6. The second-order valence-corrected chi connectivity index (χ2v) is 8.72. The molecule has 4 rings (SSSR count). The van der Waals surface area contributed by atoms with Crippen molar-refractivity contribution in [3.8, 4) is 5.75 Å². The van der Waals surface area contributed by atoms with Gasteiger partial charge in [0, 0.05) is 31.7 Å². The Morgan fingerprint density at radius 2 is 1.74 bits per heavy atom. The number of carbonyl (C=O) groups is 2. The number of morpholine rings is 1. The number of benzene rings is 2. The van der Waals surface area contributed by atoms with Crippen LogP contribution in [0.2, 0.25) is 0 Å². The Kier molecular flexibility index (Phi) is 8.15. The van der Waals surface area contributed by atoms with E-state index in [9.17, 15) is 19.1 Å². The Morgan fingerprint density at radius 1 is 1.06 bits per heavy atom. The van der Waals surface area contributed by atoms with Gasteiger partial charge in [-0.25, -0.2) is 4.39 Å². The first-order valence-corrected chi connectivity index (χ1v) is 12.1. The standard InChI is InChI=1S/C27H31FN2O5/c1-2-16-35-22-10-6-20(7-11-22)25(31)23-24(19-4-8-21(28)9-5-19)30(27(33)26(23)32)13-3-12-29-14-17-34-18-15-29/h4-11,24,31H,2-3,12-18H2,1H3/b25-23+. The van der Waals surface area contributed by atoms with Crippen molar-refractivity contribution in [2.24, 2.45) is 0 Å². The maximum Gasteiger partial charge on any atom is 0.295 e. The van der Waals surface area contributed by atoms with E-state index in [-0.39, 0.29) is 11.3 Å². The Morgan fingerprint density at radius 3 is 2.40 bits per heavy atom. The highest BCUT2D eigenvalue weighted by Crippen LogP contribution is 2.39. The molecule has 2 aromatic carbocycles. The molecule has 8 heteroatoms. The van der Waals surface area contributed by atoms with E-state index in [4.69, 9.17) is 9.47 Å². The SMILES string of the molecule is CCCOc1ccc(/C(O)=C2\C(=O)C(=O)N(CCCN3CCOCC3)C2c2ccc(F)cc2)cc1. The predicted molar refractivity (Wildman–Crippen MR) is 130 cm³/mol. The molecule has 2 heterocycles. The molecule has 1 atom stereocenters. The molecule has 0 aliphatic carbocycles. The molecule has 35 heavy (non-hydrogen) atoms. The zero-order chi connectivity index (χ0) is 24.8. The maximum absolute atomic E-state index is 13.6. The van der Waals surface area contributed by atoms with Crippen LogP contribution >= 0.6 is 0 Å². The van der Waals surface area contributed by atoms with E-state index in [1.807, 2.05) is 6.92 Å². The lowest BCUT2D eigenvalue weighted by Crippen LogP contribution is -2.38. The van der Waals surface area contributed by atoms with Gasteiger partial charge >= 0.3 is 0 Å². The van der Waals surface area contributed by atoms with Crippen LogP contribution in [0.5, 0.6) is 5.75 Å². The molecule has 2 aromatic rings. The highest BCUT2D eigenvalue weighted by atomic mass is 19.1. The first-order chi connectivity index (χ1) is 17.0. The summed E-state index contributed by atoms with van der Waals surface area (Å²) in [5.74, 6) is -1.42. The van der Waals surface area contributed by atoms with E-state index in [0.717, 1.165) is 26.1 Å². The van der Waals surface area contributed by atoms with Crippen molar-refractivity contribution in [1.82, 2.24) is 9.80 Å². The number of likely N-dealkylation sites (tertiary alicyclic amines) is 1. The van der Waals surface area contributed by atoms with Gasteiger partial charge in [0.2, 0.25) is 0 Å². The third-order valence-electron chi connectivity index (χ3n) is 6.30. The monoisotopic (exact) mass is 482 g/mol. The second-order valence-electron chi connectivity index (χ2n) is 8.72. The summed E-state index contributed by atoms with van der Waals surface area (Å²) in [5, 5.41) is 11.2. The minimum Gasteiger partial charge on any atom is -0.507 e. The quantitative estimate of drug-likeness (QED) is 0.333. The van der Waals surface area contributed by atoms with E-state index < -0.39 is 23.5 Å². The summed E-state index contributed by atoms with van der Waals surface area (Å²) in [6, 6.07) is 11.7. The van der Waals surface area contributed by atoms with Crippen LogP contribution in [0.3, 0.4) is 0 Å². The summed E-state index contributed by atoms with van der Waals surface area (Å²) >= 11 is 0. The molecule has 0 saturated carbocycles. The normalized spacial score (nSPS) is 20.4. The minimum absolute atomic E-state index is 0.00945. The number of halogens is 1. The molecule has 1 amide bonds. The number of aliphatic hydroxyl groups is 1. The van der Waals surface area contributed by atoms with Crippen molar-refractivity contribution in [3.05, 3.63) is 71.0 Å². The van der Waals surface area contributed by atoms with Gasteiger partial charge in [-0.1, -0.05) is 19.1 Å². The molecule has 2 aliphatic rings. The van der Waals surface area contributed by atoms with Crippen molar-refractivity contribution in [1.29, 1.82) is 0 Å². The molecule has 186 valence electrons. The molecule has 0 spiro atoms. The van der Waals surface area contributed by atoms with Crippen molar-refractivity contribution >= 4 is 17.4 Å². The van der Waals surface area contributed by atoms with Crippen LogP contribution in [0.15, 0.2) is 54.1 Å². The molecule has 2 fully saturated rings. The van der Waals surface area contributed by atoms with Crippen LogP contribution < -0.4 is 4.74 Å². The Hall–Kier alpha value is -3.23. The van der Waals surface area contributed by atoms with Crippen LogP contribution in [0, 0.1) is 5.82 Å². The smallest absolute Gasteiger partial charge is 0.295 e. The number of hydrogen-bond acceptors (Lipinski definition) is 6. The highest BCUT2D eigenvalue weighted by molar-refractivity contribution is 6.46. The van der Waals surface area contributed by atoms with Gasteiger partial charge in [-0.05, 0) is 54.8 Å². The third kappa shape index (κ3) is 5.71. The van der Waals surface area contributed by atoms with Crippen LogP contribution in [-0.4, -0.2) is 72.6 Å². The van der Waals surface area contributed by atoms with Gasteiger partial charge in [0.1, 0.15) is 17.3 Å². The summed E-state index contributed by atoms with van der Waals surface area (Å²) in [5.41, 5.74) is 0.990. The molecular weight excluding hydrogens is 451 g/mol. The summed E-state index contributed by atoms with van der Waals surface area (Å²) in [7, 11) is 0. The molecule has 1 N–H and O–H groups in total. The molecule has 7 nitrogen and oxygen atoms in total. The Labute approximate surface area is 204 Å². The van der Waals surface area contributed by atoms with Crippen molar-refractivity contribution in [2.45, 2.75) is 25.8 Å². The van der Waals surface area contributed by atoms with Gasteiger partial charge in [0.15, 0.2) is 0 Å². The summed E-state index contributed by atoms with van der Waals surface area (Å²) in [6.45, 7) is 6.72. The number of Topliss-reactive ketones (excluding diaryl/α,β-unsaturated/α-hetero) is 1. The third-order valence-corrected chi connectivity index (χ3v) is 6.30. The molecule has 0 radical (unpaired) electrons.